The average Bonchev–Trinajstić information content (AvgIpc) is 3.14. The Morgan fingerprint density at radius 2 is 1.78 bits per heavy atom. The topological polar surface area (TPSA) is 46.5 Å². The Balaban J connectivity index is 1.63. The fraction of sp³-hybridized carbons (Fsp3) is 0.222. The number of fused-ring (bicyclic) bond motifs is 2. The zero-order valence-corrected chi connectivity index (χ0v) is 13.8. The second kappa shape index (κ2) is 6.08. The molecule has 4 nitrogen and oxygen atoms in total. The van der Waals surface area contributed by atoms with Gasteiger partial charge in [-0.1, -0.05) is 43.0 Å². The molecule has 5 heteroatoms. The van der Waals surface area contributed by atoms with Crippen LogP contribution >= 0.6 is 11.8 Å². The summed E-state index contributed by atoms with van der Waals surface area (Å²) < 4.78 is 2.32. The van der Waals surface area contributed by atoms with Crippen LogP contribution in [0.4, 0.5) is 0 Å². The molecule has 23 heavy (non-hydrogen) atoms. The SMILES string of the molecule is CCCn1c(CSc2nc3ccccc3[nH]2)nc2ccccc21. The van der Waals surface area contributed by atoms with Gasteiger partial charge in [0.25, 0.3) is 0 Å². The number of nitrogens with zero attached hydrogens (tertiary/aromatic N) is 3. The van der Waals surface area contributed by atoms with E-state index in [1.54, 1.807) is 11.8 Å². The molecule has 1 N–H and O–H groups in total. The summed E-state index contributed by atoms with van der Waals surface area (Å²) in [5.74, 6) is 1.92. The molecular formula is C18H18N4S. The number of aryl methyl sites for hydroxylation is 1. The Hall–Kier alpha value is -2.27. The summed E-state index contributed by atoms with van der Waals surface area (Å²) >= 11 is 1.70. The van der Waals surface area contributed by atoms with Gasteiger partial charge in [0, 0.05) is 6.54 Å². The van der Waals surface area contributed by atoms with Crippen LogP contribution in [-0.2, 0) is 12.3 Å². The van der Waals surface area contributed by atoms with Crippen molar-refractivity contribution in [3.63, 3.8) is 0 Å². The Morgan fingerprint density at radius 3 is 2.61 bits per heavy atom. The minimum Gasteiger partial charge on any atom is -0.333 e. The lowest BCUT2D eigenvalue weighted by Crippen LogP contribution is -2.02. The van der Waals surface area contributed by atoms with Gasteiger partial charge in [-0.25, -0.2) is 9.97 Å². The van der Waals surface area contributed by atoms with Gasteiger partial charge in [0.05, 0.1) is 27.8 Å². The summed E-state index contributed by atoms with van der Waals surface area (Å²) in [6.45, 7) is 3.20. The smallest absolute Gasteiger partial charge is 0.166 e. The Morgan fingerprint density at radius 1 is 1.00 bits per heavy atom. The van der Waals surface area contributed by atoms with E-state index >= 15 is 0 Å². The quantitative estimate of drug-likeness (QED) is 0.546. The highest BCUT2D eigenvalue weighted by Crippen LogP contribution is 2.25. The highest BCUT2D eigenvalue weighted by Gasteiger charge is 2.11. The first-order chi connectivity index (χ1) is 11.3. The van der Waals surface area contributed by atoms with Crippen molar-refractivity contribution in [1.29, 1.82) is 0 Å². The molecule has 0 aliphatic carbocycles. The average molecular weight is 322 g/mol. The Kier molecular flexibility index (Phi) is 3.79. The third kappa shape index (κ3) is 2.72. The van der Waals surface area contributed by atoms with Gasteiger partial charge in [-0.15, -0.1) is 0 Å². The van der Waals surface area contributed by atoms with Crippen LogP contribution in [0, 0.1) is 0 Å². The molecule has 2 aromatic carbocycles. The number of thioether (sulfide) groups is 1. The molecular weight excluding hydrogens is 304 g/mol. The normalized spacial score (nSPS) is 11.5. The number of hydrogen-bond acceptors (Lipinski definition) is 3. The molecule has 0 spiro atoms. The maximum Gasteiger partial charge on any atom is 0.166 e. The standard InChI is InChI=1S/C18H18N4S/c1-2-11-22-16-10-6-5-9-15(16)19-17(22)12-23-18-20-13-7-3-4-8-14(13)21-18/h3-10H,2,11-12H2,1H3,(H,20,21). The highest BCUT2D eigenvalue weighted by atomic mass is 32.2. The third-order valence-corrected chi connectivity index (χ3v) is 4.76. The molecule has 0 unspecified atom stereocenters. The molecule has 2 aromatic heterocycles. The molecule has 0 fully saturated rings. The molecule has 0 amide bonds. The molecule has 0 bridgehead atoms. The van der Waals surface area contributed by atoms with Gasteiger partial charge in [0.1, 0.15) is 5.82 Å². The fourth-order valence-electron chi connectivity index (χ4n) is 2.84. The van der Waals surface area contributed by atoms with Gasteiger partial charge in [0.2, 0.25) is 0 Å². The van der Waals surface area contributed by atoms with Gasteiger partial charge in [-0.05, 0) is 30.7 Å². The molecule has 116 valence electrons. The first-order valence-corrected chi connectivity index (χ1v) is 8.85. The monoisotopic (exact) mass is 322 g/mol. The van der Waals surface area contributed by atoms with Crippen LogP contribution in [-0.4, -0.2) is 19.5 Å². The number of aromatic amines is 1. The van der Waals surface area contributed by atoms with Crippen LogP contribution in [0.25, 0.3) is 22.1 Å². The van der Waals surface area contributed by atoms with E-state index in [1.165, 1.54) is 5.52 Å². The minimum absolute atomic E-state index is 0.814. The van der Waals surface area contributed by atoms with Crippen molar-refractivity contribution in [2.24, 2.45) is 0 Å². The number of nitrogens with one attached hydrogen (secondary N) is 1. The molecule has 0 saturated heterocycles. The molecule has 4 rings (SSSR count). The van der Waals surface area contributed by atoms with E-state index in [0.29, 0.717) is 0 Å². The number of imidazole rings is 2. The van der Waals surface area contributed by atoms with Gasteiger partial charge in [-0.2, -0.15) is 0 Å². The largest absolute Gasteiger partial charge is 0.333 e. The summed E-state index contributed by atoms with van der Waals surface area (Å²) in [4.78, 5) is 12.8. The van der Waals surface area contributed by atoms with Crippen LogP contribution in [0.5, 0.6) is 0 Å². The van der Waals surface area contributed by atoms with Gasteiger partial charge < -0.3 is 9.55 Å². The van der Waals surface area contributed by atoms with Crippen LogP contribution < -0.4 is 0 Å². The number of aromatic nitrogens is 4. The van der Waals surface area contributed by atoms with Gasteiger partial charge in [-0.3, -0.25) is 0 Å². The summed E-state index contributed by atoms with van der Waals surface area (Å²) in [6.07, 6.45) is 1.10. The lowest BCUT2D eigenvalue weighted by Gasteiger charge is -2.06. The predicted octanol–water partition coefficient (Wildman–Crippen LogP) is 4.61. The zero-order chi connectivity index (χ0) is 15.6. The summed E-state index contributed by atoms with van der Waals surface area (Å²) in [5.41, 5.74) is 4.38. The zero-order valence-electron chi connectivity index (χ0n) is 13.0. The fourth-order valence-corrected chi connectivity index (χ4v) is 3.67. The minimum atomic E-state index is 0.814. The van der Waals surface area contributed by atoms with E-state index in [0.717, 1.165) is 46.2 Å². The van der Waals surface area contributed by atoms with Crippen molar-refractivity contribution in [3.05, 3.63) is 54.4 Å². The van der Waals surface area contributed by atoms with Gasteiger partial charge in [0.15, 0.2) is 5.16 Å². The van der Waals surface area contributed by atoms with Crippen LogP contribution in [0.15, 0.2) is 53.7 Å². The highest BCUT2D eigenvalue weighted by molar-refractivity contribution is 7.98. The van der Waals surface area contributed by atoms with Crippen molar-refractivity contribution >= 4 is 33.8 Å². The lowest BCUT2D eigenvalue weighted by atomic mass is 10.3. The molecule has 4 aromatic rings. The number of benzene rings is 2. The second-order valence-electron chi connectivity index (χ2n) is 5.52. The molecule has 0 aliphatic heterocycles. The maximum absolute atomic E-state index is 4.80. The van der Waals surface area contributed by atoms with E-state index < -0.39 is 0 Å². The van der Waals surface area contributed by atoms with E-state index in [1.807, 2.05) is 24.3 Å². The van der Waals surface area contributed by atoms with Crippen molar-refractivity contribution in [2.45, 2.75) is 30.8 Å². The van der Waals surface area contributed by atoms with Crippen molar-refractivity contribution < 1.29 is 0 Å². The van der Waals surface area contributed by atoms with E-state index in [4.69, 9.17) is 4.98 Å². The molecule has 0 radical (unpaired) electrons. The molecule has 2 heterocycles. The van der Waals surface area contributed by atoms with Crippen molar-refractivity contribution in [1.82, 2.24) is 19.5 Å². The number of hydrogen-bond donors (Lipinski definition) is 1. The summed E-state index contributed by atoms with van der Waals surface area (Å²) in [5, 5.41) is 0.946. The Labute approximate surface area is 139 Å². The van der Waals surface area contributed by atoms with Crippen LogP contribution in [0.2, 0.25) is 0 Å². The second-order valence-corrected chi connectivity index (χ2v) is 6.48. The van der Waals surface area contributed by atoms with E-state index in [9.17, 15) is 0 Å². The summed E-state index contributed by atoms with van der Waals surface area (Å²) in [6, 6.07) is 16.5. The first kappa shape index (κ1) is 14.3. The van der Waals surface area contributed by atoms with E-state index in [2.05, 4.69) is 45.7 Å². The van der Waals surface area contributed by atoms with Crippen LogP contribution in [0.3, 0.4) is 0 Å². The number of rotatable bonds is 5. The maximum atomic E-state index is 4.80. The van der Waals surface area contributed by atoms with Crippen molar-refractivity contribution in [3.8, 4) is 0 Å². The Bertz CT molecular complexity index is 921. The molecule has 0 aliphatic rings. The lowest BCUT2D eigenvalue weighted by molar-refractivity contribution is 0.672. The van der Waals surface area contributed by atoms with Crippen LogP contribution in [0.1, 0.15) is 19.2 Å². The van der Waals surface area contributed by atoms with E-state index in [-0.39, 0.29) is 0 Å². The first-order valence-electron chi connectivity index (χ1n) is 7.87. The molecule has 0 saturated carbocycles. The van der Waals surface area contributed by atoms with Gasteiger partial charge >= 0.3 is 0 Å². The molecule has 0 atom stereocenters. The number of para-hydroxylation sites is 4. The predicted molar refractivity (Wildman–Crippen MR) is 95.7 cm³/mol. The number of H-pyrrole nitrogens is 1. The van der Waals surface area contributed by atoms with Crippen molar-refractivity contribution in [2.75, 3.05) is 0 Å². The summed E-state index contributed by atoms with van der Waals surface area (Å²) in [7, 11) is 0. The third-order valence-electron chi connectivity index (χ3n) is 3.89.